The molecule has 4 rings (SSSR count). The van der Waals surface area contributed by atoms with Gasteiger partial charge in [-0.25, -0.2) is 5.10 Å². The van der Waals surface area contributed by atoms with Gasteiger partial charge in [-0.2, -0.15) is 5.10 Å². The molecule has 3 aromatic heterocycles. The highest BCUT2D eigenvalue weighted by atomic mass is 32.1. The third-order valence-corrected chi connectivity index (χ3v) is 5.16. The van der Waals surface area contributed by atoms with E-state index in [4.69, 9.17) is 4.42 Å². The molecule has 0 spiro atoms. The second kappa shape index (κ2) is 7.59. The Balaban J connectivity index is 1.61. The minimum Gasteiger partial charge on any atom is -0.467 e. The van der Waals surface area contributed by atoms with Crippen LogP contribution in [0.5, 0.6) is 0 Å². The van der Waals surface area contributed by atoms with Crippen LogP contribution in [0.1, 0.15) is 16.3 Å². The number of furan rings is 1. The lowest BCUT2D eigenvalue weighted by molar-refractivity contribution is -0.132. The Labute approximate surface area is 159 Å². The number of carbonyl (C=O) groups excluding carboxylic acids is 1. The molecule has 27 heavy (non-hydrogen) atoms. The number of fused-ring (bicyclic) bond motifs is 1. The van der Waals surface area contributed by atoms with Crippen LogP contribution in [0, 0.1) is 0 Å². The molecular formula is C20H17N3O3S. The topological polar surface area (TPSA) is 79.2 Å². The number of carbonyl (C=O) groups is 1. The molecule has 0 aliphatic rings. The molecule has 6 nitrogen and oxygen atoms in total. The number of aromatic amines is 1. The van der Waals surface area contributed by atoms with Crippen LogP contribution in [0.25, 0.3) is 10.8 Å². The number of thiophene rings is 1. The Morgan fingerprint density at radius 1 is 1.07 bits per heavy atom. The van der Waals surface area contributed by atoms with Crippen molar-refractivity contribution in [2.45, 2.75) is 19.5 Å². The minimum absolute atomic E-state index is 0.0792. The summed E-state index contributed by atoms with van der Waals surface area (Å²) in [6.07, 6.45) is 1.70. The van der Waals surface area contributed by atoms with E-state index < -0.39 is 0 Å². The molecule has 1 amide bonds. The molecule has 0 bridgehead atoms. The third kappa shape index (κ3) is 3.83. The first kappa shape index (κ1) is 17.2. The lowest BCUT2D eigenvalue weighted by Gasteiger charge is -2.21. The van der Waals surface area contributed by atoms with Gasteiger partial charge in [0.25, 0.3) is 5.56 Å². The first-order chi connectivity index (χ1) is 13.2. The Kier molecular flexibility index (Phi) is 4.84. The van der Waals surface area contributed by atoms with E-state index >= 15 is 0 Å². The predicted molar refractivity (Wildman–Crippen MR) is 103 cm³/mol. The molecule has 0 radical (unpaired) electrons. The van der Waals surface area contributed by atoms with Crippen molar-refractivity contribution in [3.05, 3.63) is 86.9 Å². The number of rotatable bonds is 6. The quantitative estimate of drug-likeness (QED) is 0.557. The number of benzene rings is 1. The first-order valence-corrected chi connectivity index (χ1v) is 9.37. The van der Waals surface area contributed by atoms with E-state index in [1.54, 1.807) is 40.7 Å². The van der Waals surface area contributed by atoms with Crippen molar-refractivity contribution < 1.29 is 9.21 Å². The molecule has 136 valence electrons. The van der Waals surface area contributed by atoms with Crippen LogP contribution in [0.3, 0.4) is 0 Å². The van der Waals surface area contributed by atoms with Crippen molar-refractivity contribution in [1.29, 1.82) is 0 Å². The first-order valence-electron chi connectivity index (χ1n) is 8.49. The van der Waals surface area contributed by atoms with E-state index in [0.29, 0.717) is 29.6 Å². The van der Waals surface area contributed by atoms with E-state index in [1.807, 2.05) is 35.7 Å². The lowest BCUT2D eigenvalue weighted by atomic mass is 10.1. The molecule has 0 saturated heterocycles. The Morgan fingerprint density at radius 3 is 2.67 bits per heavy atom. The molecule has 7 heteroatoms. The fourth-order valence-electron chi connectivity index (χ4n) is 2.97. The van der Waals surface area contributed by atoms with Gasteiger partial charge >= 0.3 is 0 Å². The van der Waals surface area contributed by atoms with Crippen LogP contribution in [0.15, 0.2) is 69.4 Å². The molecule has 4 aromatic rings. The largest absolute Gasteiger partial charge is 0.467 e. The van der Waals surface area contributed by atoms with Crippen molar-refractivity contribution in [2.24, 2.45) is 0 Å². The maximum Gasteiger partial charge on any atom is 0.272 e. The Morgan fingerprint density at radius 2 is 1.93 bits per heavy atom. The second-order valence-electron chi connectivity index (χ2n) is 6.13. The summed E-state index contributed by atoms with van der Waals surface area (Å²) in [4.78, 5) is 27.8. The summed E-state index contributed by atoms with van der Waals surface area (Å²) in [7, 11) is 0. The van der Waals surface area contributed by atoms with Gasteiger partial charge in [0, 0.05) is 10.3 Å². The van der Waals surface area contributed by atoms with E-state index in [2.05, 4.69) is 10.2 Å². The van der Waals surface area contributed by atoms with Gasteiger partial charge in [-0.05, 0) is 29.6 Å². The molecular weight excluding hydrogens is 362 g/mol. The van der Waals surface area contributed by atoms with Crippen LogP contribution in [-0.4, -0.2) is 21.0 Å². The van der Waals surface area contributed by atoms with Gasteiger partial charge in [-0.3, -0.25) is 9.59 Å². The molecule has 0 saturated carbocycles. The van der Waals surface area contributed by atoms with Crippen LogP contribution in [-0.2, 0) is 24.3 Å². The zero-order valence-electron chi connectivity index (χ0n) is 14.4. The number of nitrogens with zero attached hydrogens (tertiary/aromatic N) is 2. The predicted octanol–water partition coefficient (Wildman–Crippen LogP) is 3.35. The van der Waals surface area contributed by atoms with Crippen LogP contribution < -0.4 is 5.56 Å². The van der Waals surface area contributed by atoms with E-state index in [9.17, 15) is 9.59 Å². The van der Waals surface area contributed by atoms with Crippen molar-refractivity contribution >= 4 is 28.0 Å². The Hall–Kier alpha value is -3.19. The van der Waals surface area contributed by atoms with E-state index in [-0.39, 0.29) is 17.9 Å². The smallest absolute Gasteiger partial charge is 0.272 e. The van der Waals surface area contributed by atoms with E-state index in [1.165, 1.54) is 0 Å². The van der Waals surface area contributed by atoms with Crippen molar-refractivity contribution in [2.75, 3.05) is 0 Å². The SMILES string of the molecule is O=C(Cc1n[nH]c(=O)c2ccccc12)N(Cc1ccco1)Cc1cccs1. The zero-order valence-corrected chi connectivity index (χ0v) is 15.2. The molecule has 1 aromatic carbocycles. The number of H-pyrrole nitrogens is 1. The molecule has 0 fully saturated rings. The number of aromatic nitrogens is 2. The minimum atomic E-state index is -0.257. The second-order valence-corrected chi connectivity index (χ2v) is 7.16. The maximum atomic E-state index is 13.1. The molecule has 0 aliphatic carbocycles. The number of amides is 1. The van der Waals surface area contributed by atoms with Crippen LogP contribution in [0.2, 0.25) is 0 Å². The van der Waals surface area contributed by atoms with Gasteiger partial charge in [0.15, 0.2) is 0 Å². The van der Waals surface area contributed by atoms with Crippen molar-refractivity contribution in [1.82, 2.24) is 15.1 Å². The molecule has 0 aliphatic heterocycles. The highest BCUT2D eigenvalue weighted by Crippen LogP contribution is 2.18. The number of hydrogen-bond acceptors (Lipinski definition) is 5. The van der Waals surface area contributed by atoms with Gasteiger partial charge in [-0.1, -0.05) is 24.3 Å². The lowest BCUT2D eigenvalue weighted by Crippen LogP contribution is -2.31. The average molecular weight is 379 g/mol. The third-order valence-electron chi connectivity index (χ3n) is 4.30. The molecule has 0 unspecified atom stereocenters. The molecule has 1 N–H and O–H groups in total. The zero-order chi connectivity index (χ0) is 18.6. The highest BCUT2D eigenvalue weighted by Gasteiger charge is 2.19. The summed E-state index contributed by atoms with van der Waals surface area (Å²) >= 11 is 1.60. The van der Waals surface area contributed by atoms with Crippen LogP contribution in [0.4, 0.5) is 0 Å². The van der Waals surface area contributed by atoms with Gasteiger partial charge in [0.05, 0.1) is 36.9 Å². The standard InChI is InChI=1S/C20H17N3O3S/c24-19(11-18-16-7-1-2-8-17(16)20(25)22-21-18)23(12-14-5-3-9-26-14)13-15-6-4-10-27-15/h1-10H,11-13H2,(H,22,25). The fraction of sp³-hybridized carbons (Fsp3) is 0.150. The monoisotopic (exact) mass is 379 g/mol. The fourth-order valence-corrected chi connectivity index (χ4v) is 3.69. The Bertz CT molecular complexity index is 1060. The van der Waals surface area contributed by atoms with Gasteiger partial charge in [0.2, 0.25) is 5.91 Å². The number of nitrogens with one attached hydrogen (secondary N) is 1. The van der Waals surface area contributed by atoms with Gasteiger partial charge in [-0.15, -0.1) is 11.3 Å². The average Bonchev–Trinajstić information content (AvgIpc) is 3.38. The van der Waals surface area contributed by atoms with Crippen LogP contribution >= 0.6 is 11.3 Å². The molecule has 0 atom stereocenters. The van der Waals surface area contributed by atoms with Gasteiger partial charge in [0.1, 0.15) is 5.76 Å². The van der Waals surface area contributed by atoms with E-state index in [0.717, 1.165) is 10.6 Å². The summed E-state index contributed by atoms with van der Waals surface area (Å²) in [5, 5.41) is 9.82. The summed E-state index contributed by atoms with van der Waals surface area (Å²) in [6, 6.07) is 14.8. The number of hydrogen-bond donors (Lipinski definition) is 1. The summed E-state index contributed by atoms with van der Waals surface area (Å²) in [5.41, 5.74) is 0.304. The maximum absolute atomic E-state index is 13.1. The summed E-state index contributed by atoms with van der Waals surface area (Å²) in [5.74, 6) is 0.642. The normalized spacial score (nSPS) is 11.0. The van der Waals surface area contributed by atoms with Crippen molar-refractivity contribution in [3.8, 4) is 0 Å². The highest BCUT2D eigenvalue weighted by molar-refractivity contribution is 7.09. The van der Waals surface area contributed by atoms with Crippen molar-refractivity contribution in [3.63, 3.8) is 0 Å². The van der Waals surface area contributed by atoms with Gasteiger partial charge < -0.3 is 9.32 Å². The summed E-state index contributed by atoms with van der Waals surface area (Å²) < 4.78 is 5.42. The summed E-state index contributed by atoms with van der Waals surface area (Å²) in [6.45, 7) is 0.878. The molecule has 3 heterocycles.